The van der Waals surface area contributed by atoms with Gasteiger partial charge in [-0.25, -0.2) is 0 Å². The van der Waals surface area contributed by atoms with Crippen molar-refractivity contribution >= 4 is 23.1 Å². The standard InChI is InChI=1S/C23H26N2O4/c1-16(2)29-15-9-14-25-22(26)20(17-10-5-4-6-11-17)21(23(25)27)24-18-12-7-8-13-19(18)28-3/h4-8,10-13,16,24H,9,14-15H2,1-3H3. The van der Waals surface area contributed by atoms with Crippen LogP contribution in [0.4, 0.5) is 5.69 Å². The maximum atomic E-state index is 13.1. The van der Waals surface area contributed by atoms with Gasteiger partial charge < -0.3 is 14.8 Å². The van der Waals surface area contributed by atoms with Crippen LogP contribution in [0.2, 0.25) is 0 Å². The number of methoxy groups -OCH3 is 1. The topological polar surface area (TPSA) is 67.9 Å². The first-order chi connectivity index (χ1) is 14.0. The lowest BCUT2D eigenvalue weighted by Crippen LogP contribution is -2.34. The minimum absolute atomic E-state index is 0.112. The van der Waals surface area contributed by atoms with E-state index < -0.39 is 0 Å². The lowest BCUT2D eigenvalue weighted by atomic mass is 10.0. The predicted molar refractivity (Wildman–Crippen MR) is 112 cm³/mol. The van der Waals surface area contributed by atoms with Crippen LogP contribution in [0, 0.1) is 0 Å². The fourth-order valence-electron chi connectivity index (χ4n) is 3.19. The molecule has 0 saturated carbocycles. The molecule has 3 rings (SSSR count). The molecule has 29 heavy (non-hydrogen) atoms. The number of anilines is 1. The summed E-state index contributed by atoms with van der Waals surface area (Å²) >= 11 is 0. The Morgan fingerprint density at radius 2 is 1.66 bits per heavy atom. The third-order valence-corrected chi connectivity index (χ3v) is 4.57. The van der Waals surface area contributed by atoms with E-state index in [2.05, 4.69) is 5.32 Å². The Bertz CT molecular complexity index is 906. The third kappa shape index (κ3) is 4.66. The number of carbonyl (C=O) groups excluding carboxylic acids is 2. The van der Waals surface area contributed by atoms with Gasteiger partial charge >= 0.3 is 0 Å². The monoisotopic (exact) mass is 394 g/mol. The molecule has 6 nitrogen and oxygen atoms in total. The van der Waals surface area contributed by atoms with Crippen molar-refractivity contribution in [1.29, 1.82) is 0 Å². The van der Waals surface area contributed by atoms with E-state index in [1.54, 1.807) is 13.2 Å². The van der Waals surface area contributed by atoms with Crippen LogP contribution in [0.3, 0.4) is 0 Å². The van der Waals surface area contributed by atoms with Crippen molar-refractivity contribution < 1.29 is 19.1 Å². The van der Waals surface area contributed by atoms with E-state index >= 15 is 0 Å². The predicted octanol–water partition coefficient (Wildman–Crippen LogP) is 3.70. The number of ether oxygens (including phenoxy) is 2. The van der Waals surface area contributed by atoms with E-state index in [0.717, 1.165) is 0 Å². The highest BCUT2D eigenvalue weighted by atomic mass is 16.5. The molecule has 0 fully saturated rings. The van der Waals surface area contributed by atoms with Gasteiger partial charge in [0.05, 0.1) is 24.5 Å². The fraction of sp³-hybridized carbons (Fsp3) is 0.304. The van der Waals surface area contributed by atoms with E-state index in [1.807, 2.05) is 62.4 Å². The van der Waals surface area contributed by atoms with Crippen LogP contribution in [0.1, 0.15) is 25.8 Å². The van der Waals surface area contributed by atoms with E-state index in [9.17, 15) is 9.59 Å². The summed E-state index contributed by atoms with van der Waals surface area (Å²) in [5.74, 6) is -0.0519. The van der Waals surface area contributed by atoms with E-state index in [1.165, 1.54) is 4.90 Å². The van der Waals surface area contributed by atoms with Crippen molar-refractivity contribution in [2.75, 3.05) is 25.6 Å². The number of nitrogens with one attached hydrogen (secondary N) is 1. The molecule has 1 N–H and O–H groups in total. The molecule has 6 heteroatoms. The Labute approximate surface area is 171 Å². The molecule has 1 aliphatic heterocycles. The summed E-state index contributed by atoms with van der Waals surface area (Å²) in [6, 6.07) is 16.5. The molecule has 1 heterocycles. The minimum Gasteiger partial charge on any atom is -0.495 e. The van der Waals surface area contributed by atoms with E-state index in [4.69, 9.17) is 9.47 Å². The summed E-state index contributed by atoms with van der Waals surface area (Å²) in [6.07, 6.45) is 0.695. The Kier molecular flexibility index (Phi) is 6.67. The van der Waals surface area contributed by atoms with Crippen molar-refractivity contribution in [1.82, 2.24) is 4.90 Å². The maximum Gasteiger partial charge on any atom is 0.278 e. The molecule has 2 aromatic carbocycles. The number of nitrogens with zero attached hydrogens (tertiary/aromatic N) is 1. The quantitative estimate of drug-likeness (QED) is 0.519. The molecule has 152 valence electrons. The molecule has 1 aliphatic rings. The zero-order valence-electron chi connectivity index (χ0n) is 17.0. The number of hydrogen-bond acceptors (Lipinski definition) is 5. The van der Waals surface area contributed by atoms with Crippen molar-refractivity contribution in [3.8, 4) is 5.75 Å². The zero-order chi connectivity index (χ0) is 20.8. The highest BCUT2D eigenvalue weighted by Crippen LogP contribution is 2.33. The smallest absolute Gasteiger partial charge is 0.278 e. The summed E-state index contributed by atoms with van der Waals surface area (Å²) in [4.78, 5) is 27.6. The molecule has 0 atom stereocenters. The van der Waals surface area contributed by atoms with Gasteiger partial charge in [0.15, 0.2) is 0 Å². The normalized spacial score (nSPS) is 14.1. The second-order valence-electron chi connectivity index (χ2n) is 6.98. The van der Waals surface area contributed by atoms with Gasteiger partial charge in [0.2, 0.25) is 0 Å². The van der Waals surface area contributed by atoms with Crippen molar-refractivity contribution in [3.63, 3.8) is 0 Å². The molecule has 0 spiro atoms. The summed E-state index contributed by atoms with van der Waals surface area (Å²) < 4.78 is 10.9. The zero-order valence-corrected chi connectivity index (χ0v) is 17.0. The molecule has 0 bridgehead atoms. The number of benzene rings is 2. The Morgan fingerprint density at radius 3 is 2.34 bits per heavy atom. The number of hydrogen-bond donors (Lipinski definition) is 1. The van der Waals surface area contributed by atoms with Crippen LogP contribution in [0.15, 0.2) is 60.3 Å². The Hall–Kier alpha value is -3.12. The van der Waals surface area contributed by atoms with Crippen LogP contribution >= 0.6 is 0 Å². The average Bonchev–Trinajstić information content (AvgIpc) is 2.96. The average molecular weight is 394 g/mol. The number of para-hydroxylation sites is 2. The van der Waals surface area contributed by atoms with E-state index in [-0.39, 0.29) is 23.6 Å². The van der Waals surface area contributed by atoms with Crippen LogP contribution in [0.5, 0.6) is 5.75 Å². The van der Waals surface area contributed by atoms with Gasteiger partial charge in [0.1, 0.15) is 11.4 Å². The minimum atomic E-state index is -0.343. The van der Waals surface area contributed by atoms with Crippen molar-refractivity contribution in [3.05, 3.63) is 65.9 Å². The summed E-state index contributed by atoms with van der Waals surface area (Å²) in [5.41, 5.74) is 1.95. The molecule has 2 amide bonds. The van der Waals surface area contributed by atoms with Crippen LogP contribution in [-0.2, 0) is 14.3 Å². The molecule has 2 aromatic rings. The number of rotatable bonds is 9. The Morgan fingerprint density at radius 1 is 0.966 bits per heavy atom. The summed E-state index contributed by atoms with van der Waals surface area (Å²) in [7, 11) is 1.57. The summed E-state index contributed by atoms with van der Waals surface area (Å²) in [6.45, 7) is 4.70. The largest absolute Gasteiger partial charge is 0.495 e. The Balaban J connectivity index is 1.90. The third-order valence-electron chi connectivity index (χ3n) is 4.57. The first-order valence-electron chi connectivity index (χ1n) is 9.70. The highest BCUT2D eigenvalue weighted by Gasteiger charge is 2.39. The fourth-order valence-corrected chi connectivity index (χ4v) is 3.19. The van der Waals surface area contributed by atoms with Gasteiger partial charge in [0, 0.05) is 13.2 Å². The molecular formula is C23H26N2O4. The molecule has 0 unspecified atom stereocenters. The number of imide groups is 1. The second-order valence-corrected chi connectivity index (χ2v) is 6.98. The van der Waals surface area contributed by atoms with Crippen LogP contribution in [0.25, 0.3) is 5.57 Å². The van der Waals surface area contributed by atoms with Gasteiger partial charge in [-0.15, -0.1) is 0 Å². The van der Waals surface area contributed by atoms with Gasteiger partial charge in [-0.05, 0) is 38.0 Å². The molecule has 0 aromatic heterocycles. The number of amides is 2. The van der Waals surface area contributed by atoms with Crippen LogP contribution < -0.4 is 10.1 Å². The molecule has 0 aliphatic carbocycles. The first-order valence-corrected chi connectivity index (χ1v) is 9.70. The molecular weight excluding hydrogens is 368 g/mol. The SMILES string of the molecule is COc1ccccc1NC1=C(c2ccccc2)C(=O)N(CCCOC(C)C)C1=O. The first kappa shape index (κ1) is 20.6. The molecule has 0 saturated heterocycles. The van der Waals surface area contributed by atoms with Crippen molar-refractivity contribution in [2.45, 2.75) is 26.4 Å². The van der Waals surface area contributed by atoms with Gasteiger partial charge in [0.25, 0.3) is 11.8 Å². The number of carbonyl (C=O) groups is 2. The van der Waals surface area contributed by atoms with Gasteiger partial charge in [-0.2, -0.15) is 0 Å². The second kappa shape index (κ2) is 9.39. The molecule has 0 radical (unpaired) electrons. The lowest BCUT2D eigenvalue weighted by Gasteiger charge is -2.16. The maximum absolute atomic E-state index is 13.1. The van der Waals surface area contributed by atoms with Crippen LogP contribution in [-0.4, -0.2) is 43.1 Å². The lowest BCUT2D eigenvalue weighted by molar-refractivity contribution is -0.137. The van der Waals surface area contributed by atoms with E-state index in [0.29, 0.717) is 42.1 Å². The van der Waals surface area contributed by atoms with Gasteiger partial charge in [-0.1, -0.05) is 42.5 Å². The van der Waals surface area contributed by atoms with Gasteiger partial charge in [-0.3, -0.25) is 14.5 Å². The highest BCUT2D eigenvalue weighted by molar-refractivity contribution is 6.36. The summed E-state index contributed by atoms with van der Waals surface area (Å²) in [5, 5.41) is 3.14. The van der Waals surface area contributed by atoms with Crippen molar-refractivity contribution in [2.24, 2.45) is 0 Å².